The first-order valence-corrected chi connectivity index (χ1v) is 4.47. The van der Waals surface area contributed by atoms with Crippen molar-refractivity contribution in [1.82, 2.24) is 0 Å². The average molecular weight is 196 g/mol. The molecule has 0 radical (unpaired) electrons. The highest BCUT2D eigenvalue weighted by Gasteiger charge is 1.99. The van der Waals surface area contributed by atoms with E-state index < -0.39 is 0 Å². The Morgan fingerprint density at radius 2 is 2.00 bits per heavy atom. The highest BCUT2D eigenvalue weighted by molar-refractivity contribution is 7.80. The lowest BCUT2D eigenvalue weighted by Crippen LogP contribution is -1.99. The Labute approximate surface area is 83.2 Å². The Hall–Kier alpha value is -0.930. The van der Waals surface area contributed by atoms with E-state index in [-0.39, 0.29) is 6.61 Å². The summed E-state index contributed by atoms with van der Waals surface area (Å²) in [7, 11) is 1.56. The molecule has 0 aliphatic rings. The summed E-state index contributed by atoms with van der Waals surface area (Å²) < 4.78 is 4.92. The molecule has 1 rings (SSSR count). The largest absolute Gasteiger partial charge is 0.486 e. The molecule has 1 aromatic carbocycles. The minimum atomic E-state index is 0.175. The van der Waals surface area contributed by atoms with E-state index in [2.05, 4.69) is 0 Å². The van der Waals surface area contributed by atoms with Crippen LogP contribution in [0.1, 0.15) is 11.1 Å². The first-order chi connectivity index (χ1) is 6.27. The Bertz CT molecular complexity index is 279. The zero-order valence-corrected chi connectivity index (χ0v) is 8.30. The van der Waals surface area contributed by atoms with Crippen molar-refractivity contribution >= 4 is 17.3 Å². The molecule has 2 nitrogen and oxygen atoms in total. The molecule has 1 aromatic rings. The maximum absolute atomic E-state index is 8.69. The molecule has 0 heterocycles. The lowest BCUT2D eigenvalue weighted by molar-refractivity contribution is 0.299. The van der Waals surface area contributed by atoms with Crippen molar-refractivity contribution in [2.75, 3.05) is 13.7 Å². The molecule has 0 atom stereocenters. The Morgan fingerprint density at radius 3 is 2.46 bits per heavy atom. The molecule has 13 heavy (non-hydrogen) atoms. The average Bonchev–Trinajstić information content (AvgIpc) is 2.18. The molecular weight excluding hydrogens is 184 g/mol. The maximum atomic E-state index is 8.69. The molecule has 0 saturated carbocycles. The van der Waals surface area contributed by atoms with Gasteiger partial charge in [0.25, 0.3) is 0 Å². The lowest BCUT2D eigenvalue weighted by atomic mass is 10.1. The zero-order valence-electron chi connectivity index (χ0n) is 7.49. The smallest absolute Gasteiger partial charge is 0.190 e. The monoisotopic (exact) mass is 196 g/mol. The van der Waals surface area contributed by atoms with Crippen LogP contribution in [0.2, 0.25) is 0 Å². The minimum absolute atomic E-state index is 0.175. The van der Waals surface area contributed by atoms with Crippen LogP contribution in [0, 0.1) is 0 Å². The van der Waals surface area contributed by atoms with Crippen LogP contribution < -0.4 is 0 Å². The first-order valence-electron chi connectivity index (χ1n) is 4.06. The number of rotatable bonds is 3. The van der Waals surface area contributed by atoms with Crippen molar-refractivity contribution in [1.29, 1.82) is 0 Å². The molecule has 0 aromatic heterocycles. The Morgan fingerprint density at radius 1 is 1.38 bits per heavy atom. The molecule has 1 N–H and O–H groups in total. The van der Waals surface area contributed by atoms with Gasteiger partial charge >= 0.3 is 0 Å². The van der Waals surface area contributed by atoms with Crippen LogP contribution in [-0.4, -0.2) is 23.9 Å². The van der Waals surface area contributed by atoms with Gasteiger partial charge in [-0.3, -0.25) is 0 Å². The molecule has 70 valence electrons. The number of hydrogen-bond donors (Lipinski definition) is 1. The fraction of sp³-hybridized carbons (Fsp3) is 0.300. The molecular formula is C10H12O2S. The fourth-order valence-corrected chi connectivity index (χ4v) is 1.19. The molecule has 0 unspecified atom stereocenters. The van der Waals surface area contributed by atoms with Crippen molar-refractivity contribution < 1.29 is 9.84 Å². The summed E-state index contributed by atoms with van der Waals surface area (Å²) in [5.74, 6) is 0. The van der Waals surface area contributed by atoms with Gasteiger partial charge in [-0.05, 0) is 24.2 Å². The third kappa shape index (κ3) is 2.79. The quantitative estimate of drug-likeness (QED) is 0.744. The van der Waals surface area contributed by atoms with Crippen molar-refractivity contribution in [2.45, 2.75) is 6.42 Å². The number of hydrogen-bond acceptors (Lipinski definition) is 3. The van der Waals surface area contributed by atoms with Crippen molar-refractivity contribution in [2.24, 2.45) is 0 Å². The molecule has 0 saturated heterocycles. The second-order valence-corrected chi connectivity index (χ2v) is 3.03. The van der Waals surface area contributed by atoms with Gasteiger partial charge in [0.2, 0.25) is 0 Å². The standard InChI is InChI=1S/C10H12O2S/c1-12-10(13)9-4-2-8(3-5-9)6-7-11/h2-5,11H,6-7H2,1H3. The predicted molar refractivity (Wildman–Crippen MR) is 55.9 cm³/mol. The second-order valence-electron chi connectivity index (χ2n) is 2.66. The van der Waals surface area contributed by atoms with Gasteiger partial charge in [0, 0.05) is 12.2 Å². The summed E-state index contributed by atoms with van der Waals surface area (Å²) in [6, 6.07) is 7.68. The van der Waals surface area contributed by atoms with Crippen LogP contribution in [-0.2, 0) is 11.2 Å². The number of aliphatic hydroxyl groups is 1. The first kappa shape index (κ1) is 10.2. The van der Waals surface area contributed by atoms with Crippen molar-refractivity contribution in [3.05, 3.63) is 35.4 Å². The summed E-state index contributed by atoms with van der Waals surface area (Å²) in [4.78, 5) is 0. The van der Waals surface area contributed by atoms with Crippen LogP contribution in [0.4, 0.5) is 0 Å². The Balaban J connectivity index is 2.75. The van der Waals surface area contributed by atoms with E-state index in [1.807, 2.05) is 24.3 Å². The summed E-state index contributed by atoms with van der Waals surface area (Å²) in [5.41, 5.74) is 2.00. The van der Waals surface area contributed by atoms with Gasteiger partial charge in [-0.2, -0.15) is 0 Å². The van der Waals surface area contributed by atoms with Gasteiger partial charge in [0.15, 0.2) is 5.05 Å². The zero-order chi connectivity index (χ0) is 9.68. The molecule has 0 fully saturated rings. The summed E-state index contributed by atoms with van der Waals surface area (Å²) in [6.45, 7) is 0.175. The van der Waals surface area contributed by atoms with E-state index in [4.69, 9.17) is 22.1 Å². The number of aliphatic hydroxyl groups excluding tert-OH is 1. The molecule has 3 heteroatoms. The van der Waals surface area contributed by atoms with E-state index in [1.165, 1.54) is 0 Å². The predicted octanol–water partition coefficient (Wildman–Crippen LogP) is 1.54. The topological polar surface area (TPSA) is 29.5 Å². The van der Waals surface area contributed by atoms with Gasteiger partial charge in [-0.1, -0.05) is 24.3 Å². The molecule has 0 spiro atoms. The number of methoxy groups -OCH3 is 1. The third-order valence-electron chi connectivity index (χ3n) is 1.78. The van der Waals surface area contributed by atoms with E-state index in [0.29, 0.717) is 11.5 Å². The minimum Gasteiger partial charge on any atom is -0.486 e. The van der Waals surface area contributed by atoms with E-state index in [1.54, 1.807) is 7.11 Å². The third-order valence-corrected chi connectivity index (χ3v) is 2.18. The van der Waals surface area contributed by atoms with Crippen LogP contribution in [0.15, 0.2) is 24.3 Å². The molecule has 0 bridgehead atoms. The van der Waals surface area contributed by atoms with Gasteiger partial charge in [-0.25, -0.2) is 0 Å². The van der Waals surface area contributed by atoms with E-state index in [9.17, 15) is 0 Å². The van der Waals surface area contributed by atoms with Crippen LogP contribution in [0.5, 0.6) is 0 Å². The molecule has 0 aliphatic heterocycles. The van der Waals surface area contributed by atoms with Crippen molar-refractivity contribution in [3.63, 3.8) is 0 Å². The SMILES string of the molecule is COC(=S)c1ccc(CCO)cc1. The fourth-order valence-electron chi connectivity index (χ4n) is 1.05. The Kier molecular flexibility index (Phi) is 3.86. The number of ether oxygens (including phenoxy) is 1. The highest BCUT2D eigenvalue weighted by Crippen LogP contribution is 2.06. The van der Waals surface area contributed by atoms with Crippen molar-refractivity contribution in [3.8, 4) is 0 Å². The number of benzene rings is 1. The lowest BCUT2D eigenvalue weighted by Gasteiger charge is -2.03. The highest BCUT2D eigenvalue weighted by atomic mass is 32.1. The summed E-state index contributed by atoms with van der Waals surface area (Å²) in [5, 5.41) is 9.19. The molecule has 0 aliphatic carbocycles. The number of thiocarbonyl (C=S) groups is 1. The van der Waals surface area contributed by atoms with Gasteiger partial charge in [0.1, 0.15) is 0 Å². The van der Waals surface area contributed by atoms with Gasteiger partial charge in [-0.15, -0.1) is 0 Å². The molecule has 0 amide bonds. The van der Waals surface area contributed by atoms with Crippen LogP contribution >= 0.6 is 12.2 Å². The van der Waals surface area contributed by atoms with Crippen LogP contribution in [0.3, 0.4) is 0 Å². The summed E-state index contributed by atoms with van der Waals surface area (Å²) >= 11 is 4.96. The normalized spacial score (nSPS) is 9.69. The second kappa shape index (κ2) is 4.94. The maximum Gasteiger partial charge on any atom is 0.190 e. The van der Waals surface area contributed by atoms with E-state index in [0.717, 1.165) is 11.1 Å². The van der Waals surface area contributed by atoms with Gasteiger partial charge < -0.3 is 9.84 Å². The summed E-state index contributed by atoms with van der Waals surface area (Å²) in [6.07, 6.45) is 0.681. The van der Waals surface area contributed by atoms with Gasteiger partial charge in [0.05, 0.1) is 7.11 Å². The van der Waals surface area contributed by atoms with Crippen LogP contribution in [0.25, 0.3) is 0 Å². The van der Waals surface area contributed by atoms with E-state index >= 15 is 0 Å².